The maximum Gasteiger partial charge on any atom is 0.230 e. The Morgan fingerprint density at radius 1 is 1.44 bits per heavy atom. The van der Waals surface area contributed by atoms with E-state index >= 15 is 0 Å². The molecule has 1 heterocycles. The van der Waals surface area contributed by atoms with Crippen LogP contribution in [0.3, 0.4) is 0 Å². The van der Waals surface area contributed by atoms with Crippen LogP contribution in [0.1, 0.15) is 11.6 Å². The van der Waals surface area contributed by atoms with Crippen molar-refractivity contribution in [1.82, 2.24) is 9.78 Å². The molecule has 0 aliphatic rings. The van der Waals surface area contributed by atoms with Crippen LogP contribution in [0.2, 0.25) is 0 Å². The molecule has 0 aliphatic carbocycles. The summed E-state index contributed by atoms with van der Waals surface area (Å²) in [5.41, 5.74) is 0.830. The average molecular weight is 247 g/mol. The average Bonchev–Trinajstić information content (AvgIpc) is 2.89. The second-order valence-electron chi connectivity index (χ2n) is 3.79. The van der Waals surface area contributed by atoms with E-state index in [-0.39, 0.29) is 11.5 Å². The minimum absolute atomic E-state index is 0.200. The van der Waals surface area contributed by atoms with Gasteiger partial charge in [-0.05, 0) is 23.8 Å². The molecule has 0 fully saturated rings. The van der Waals surface area contributed by atoms with Gasteiger partial charge in [0.25, 0.3) is 0 Å². The van der Waals surface area contributed by atoms with Gasteiger partial charge in [0.15, 0.2) is 0 Å². The van der Waals surface area contributed by atoms with Crippen molar-refractivity contribution in [3.8, 4) is 5.75 Å². The third kappa shape index (κ3) is 2.65. The topological polar surface area (TPSA) is 70.2 Å². The van der Waals surface area contributed by atoms with Gasteiger partial charge in [0, 0.05) is 17.3 Å². The van der Waals surface area contributed by atoms with Crippen LogP contribution < -0.4 is 4.74 Å². The monoisotopic (exact) mass is 247 g/mol. The van der Waals surface area contributed by atoms with Crippen molar-refractivity contribution in [2.45, 2.75) is 6.04 Å². The normalized spacial score (nSPS) is 12.1. The van der Waals surface area contributed by atoms with E-state index in [1.807, 2.05) is 12.1 Å². The van der Waals surface area contributed by atoms with Gasteiger partial charge in [0.2, 0.25) is 6.54 Å². The highest BCUT2D eigenvalue weighted by atomic mass is 16.6. The third-order valence-electron chi connectivity index (χ3n) is 2.67. The summed E-state index contributed by atoms with van der Waals surface area (Å²) < 4.78 is 6.65. The van der Waals surface area contributed by atoms with E-state index < -0.39 is 6.04 Å². The molecule has 1 atom stereocenters. The largest absolute Gasteiger partial charge is 0.497 e. The second-order valence-corrected chi connectivity index (χ2v) is 3.79. The fourth-order valence-electron chi connectivity index (χ4n) is 1.77. The van der Waals surface area contributed by atoms with Crippen molar-refractivity contribution in [3.63, 3.8) is 0 Å². The highest BCUT2D eigenvalue weighted by Crippen LogP contribution is 2.20. The lowest BCUT2D eigenvalue weighted by molar-refractivity contribution is -0.484. The molecule has 0 amide bonds. The van der Waals surface area contributed by atoms with E-state index in [4.69, 9.17) is 4.74 Å². The van der Waals surface area contributed by atoms with E-state index in [1.54, 1.807) is 42.4 Å². The molecular formula is C12H13N3O3. The number of aromatic nitrogens is 2. The fourth-order valence-corrected chi connectivity index (χ4v) is 1.77. The molecule has 6 nitrogen and oxygen atoms in total. The maximum atomic E-state index is 10.7. The molecule has 1 aromatic heterocycles. The summed E-state index contributed by atoms with van der Waals surface area (Å²) in [5, 5.41) is 14.8. The van der Waals surface area contributed by atoms with Crippen LogP contribution in [0.25, 0.3) is 0 Å². The van der Waals surface area contributed by atoms with Gasteiger partial charge in [-0.15, -0.1) is 0 Å². The molecule has 2 rings (SSSR count). The van der Waals surface area contributed by atoms with E-state index in [2.05, 4.69) is 5.10 Å². The van der Waals surface area contributed by atoms with Gasteiger partial charge < -0.3 is 4.74 Å². The quantitative estimate of drug-likeness (QED) is 0.596. The van der Waals surface area contributed by atoms with Crippen molar-refractivity contribution < 1.29 is 9.66 Å². The number of hydrogen-bond donors (Lipinski definition) is 0. The lowest BCUT2D eigenvalue weighted by Crippen LogP contribution is -2.20. The smallest absolute Gasteiger partial charge is 0.230 e. The summed E-state index contributed by atoms with van der Waals surface area (Å²) in [4.78, 5) is 10.4. The Hall–Kier alpha value is -2.37. The standard InChI is InChI=1S/C12H13N3O3/c1-18-11-5-3-10(4-6-11)12(9-15(16)17)14-8-2-7-13-14/h2-8,12H,9H2,1H3. The Balaban J connectivity index is 2.30. The van der Waals surface area contributed by atoms with Gasteiger partial charge in [-0.2, -0.15) is 5.10 Å². The van der Waals surface area contributed by atoms with E-state index in [1.165, 1.54) is 0 Å². The lowest BCUT2D eigenvalue weighted by atomic mass is 10.1. The highest BCUT2D eigenvalue weighted by Gasteiger charge is 2.19. The van der Waals surface area contributed by atoms with Crippen molar-refractivity contribution >= 4 is 0 Å². The first-order chi connectivity index (χ1) is 8.70. The Bertz CT molecular complexity index is 508. The molecule has 0 aliphatic heterocycles. The molecule has 0 saturated heterocycles. The van der Waals surface area contributed by atoms with E-state index in [0.717, 1.165) is 11.3 Å². The van der Waals surface area contributed by atoms with Crippen molar-refractivity contribution in [1.29, 1.82) is 0 Å². The van der Waals surface area contributed by atoms with Gasteiger partial charge in [0.05, 0.1) is 7.11 Å². The summed E-state index contributed by atoms with van der Waals surface area (Å²) in [5.74, 6) is 0.721. The van der Waals surface area contributed by atoms with Gasteiger partial charge >= 0.3 is 0 Å². The highest BCUT2D eigenvalue weighted by molar-refractivity contribution is 5.29. The van der Waals surface area contributed by atoms with Crippen molar-refractivity contribution in [2.24, 2.45) is 0 Å². The van der Waals surface area contributed by atoms with Crippen LogP contribution in [-0.4, -0.2) is 28.4 Å². The van der Waals surface area contributed by atoms with Crippen molar-refractivity contribution in [3.05, 3.63) is 58.4 Å². The Labute approximate surface area is 104 Å². The maximum absolute atomic E-state index is 10.7. The van der Waals surface area contributed by atoms with Crippen LogP contribution >= 0.6 is 0 Å². The number of nitro groups is 1. The first-order valence-corrected chi connectivity index (χ1v) is 5.45. The number of ether oxygens (including phenoxy) is 1. The molecule has 94 valence electrons. The lowest BCUT2D eigenvalue weighted by Gasteiger charge is -2.14. The number of rotatable bonds is 5. The summed E-state index contributed by atoms with van der Waals surface area (Å²) in [6, 6.07) is 8.54. The van der Waals surface area contributed by atoms with Crippen LogP contribution in [0.5, 0.6) is 5.75 Å². The molecule has 0 spiro atoms. The zero-order valence-corrected chi connectivity index (χ0v) is 9.89. The van der Waals surface area contributed by atoms with Crippen LogP contribution in [0.15, 0.2) is 42.7 Å². The summed E-state index contributed by atoms with van der Waals surface area (Å²) in [6.07, 6.45) is 3.33. The Morgan fingerprint density at radius 2 is 2.17 bits per heavy atom. The van der Waals surface area contributed by atoms with Gasteiger partial charge in [-0.3, -0.25) is 14.8 Å². The molecule has 1 aromatic carbocycles. The molecule has 18 heavy (non-hydrogen) atoms. The Kier molecular flexibility index (Phi) is 3.57. The molecule has 6 heteroatoms. The summed E-state index contributed by atoms with van der Waals surface area (Å²) in [6.45, 7) is -0.200. The fraction of sp³-hybridized carbons (Fsp3) is 0.250. The number of methoxy groups -OCH3 is 1. The van der Waals surface area contributed by atoms with E-state index in [9.17, 15) is 10.1 Å². The number of hydrogen-bond acceptors (Lipinski definition) is 4. The molecule has 1 unspecified atom stereocenters. The first kappa shape index (κ1) is 12.1. The predicted molar refractivity (Wildman–Crippen MR) is 65.2 cm³/mol. The number of nitrogens with zero attached hydrogens (tertiary/aromatic N) is 3. The minimum Gasteiger partial charge on any atom is -0.497 e. The van der Waals surface area contributed by atoms with Crippen LogP contribution in [-0.2, 0) is 0 Å². The molecule has 0 saturated carbocycles. The molecule has 2 aromatic rings. The SMILES string of the molecule is COc1ccc(C(C[N+](=O)[O-])n2cccn2)cc1. The first-order valence-electron chi connectivity index (χ1n) is 5.45. The van der Waals surface area contributed by atoms with E-state index in [0.29, 0.717) is 0 Å². The van der Waals surface area contributed by atoms with Gasteiger partial charge in [0.1, 0.15) is 11.8 Å². The predicted octanol–water partition coefficient (Wildman–Crippen LogP) is 1.76. The van der Waals surface area contributed by atoms with Crippen LogP contribution in [0.4, 0.5) is 0 Å². The van der Waals surface area contributed by atoms with Crippen LogP contribution in [0, 0.1) is 10.1 Å². The third-order valence-corrected chi connectivity index (χ3v) is 2.67. The Morgan fingerprint density at radius 3 is 2.67 bits per heavy atom. The second kappa shape index (κ2) is 5.31. The minimum atomic E-state index is -0.402. The zero-order chi connectivity index (χ0) is 13.0. The number of benzene rings is 1. The molecular weight excluding hydrogens is 234 g/mol. The zero-order valence-electron chi connectivity index (χ0n) is 9.89. The molecule has 0 radical (unpaired) electrons. The summed E-state index contributed by atoms with van der Waals surface area (Å²) >= 11 is 0. The molecule has 0 bridgehead atoms. The summed E-state index contributed by atoms with van der Waals surface area (Å²) in [7, 11) is 1.58. The van der Waals surface area contributed by atoms with Crippen molar-refractivity contribution in [2.75, 3.05) is 13.7 Å². The molecule has 0 N–H and O–H groups in total. The van der Waals surface area contributed by atoms with Gasteiger partial charge in [-0.1, -0.05) is 12.1 Å². The van der Waals surface area contributed by atoms with Gasteiger partial charge in [-0.25, -0.2) is 0 Å².